The van der Waals surface area contributed by atoms with E-state index in [-0.39, 0.29) is 23.8 Å². The summed E-state index contributed by atoms with van der Waals surface area (Å²) in [5.74, 6) is -0.124. The molecule has 0 saturated carbocycles. The van der Waals surface area contributed by atoms with E-state index >= 15 is 0 Å². The number of aromatic carboxylic acids is 1. The van der Waals surface area contributed by atoms with Crippen LogP contribution >= 0.6 is 0 Å². The van der Waals surface area contributed by atoms with E-state index in [1.54, 1.807) is 18.3 Å². The molecule has 1 saturated heterocycles. The molecule has 1 aliphatic heterocycles. The van der Waals surface area contributed by atoms with Gasteiger partial charge in [-0.1, -0.05) is 12.1 Å². The van der Waals surface area contributed by atoms with Crippen molar-refractivity contribution in [2.75, 3.05) is 23.3 Å². The minimum Gasteiger partial charge on any atom is -0.478 e. The molecule has 2 heterocycles. The molecule has 3 rings (SSSR count). The highest BCUT2D eigenvalue weighted by Crippen LogP contribution is 2.19. The van der Waals surface area contributed by atoms with Gasteiger partial charge in [0.15, 0.2) is 0 Å². The summed E-state index contributed by atoms with van der Waals surface area (Å²) in [6.07, 6.45) is 1.93. The molecule has 2 aromatic rings. The molecule has 0 radical (unpaired) electrons. The molecule has 2 atom stereocenters. The third-order valence-corrected chi connectivity index (χ3v) is 4.40. The van der Waals surface area contributed by atoms with Crippen molar-refractivity contribution < 1.29 is 19.4 Å². The lowest BCUT2D eigenvalue weighted by Crippen LogP contribution is -2.45. The van der Waals surface area contributed by atoms with Crippen molar-refractivity contribution in [1.29, 1.82) is 0 Å². The summed E-state index contributed by atoms with van der Waals surface area (Å²) in [5, 5.41) is 14.4. The van der Waals surface area contributed by atoms with Crippen molar-refractivity contribution in [2.45, 2.75) is 32.6 Å². The van der Waals surface area contributed by atoms with Crippen LogP contribution in [0, 0.1) is 0 Å². The first-order valence-electron chi connectivity index (χ1n) is 9.14. The molecule has 2 amide bonds. The van der Waals surface area contributed by atoms with E-state index < -0.39 is 5.97 Å². The van der Waals surface area contributed by atoms with E-state index in [9.17, 15) is 9.59 Å². The number of benzene rings is 1. The Hall–Kier alpha value is -3.13. The Morgan fingerprint density at radius 3 is 2.39 bits per heavy atom. The highest BCUT2D eigenvalue weighted by atomic mass is 16.5. The van der Waals surface area contributed by atoms with Gasteiger partial charge in [0.2, 0.25) is 0 Å². The Bertz CT molecular complexity index is 813. The second-order valence-electron chi connectivity index (χ2n) is 6.88. The van der Waals surface area contributed by atoms with E-state index in [1.807, 2.05) is 26.0 Å². The number of carboxylic acids is 1. The average molecular weight is 384 g/mol. The quantitative estimate of drug-likeness (QED) is 0.732. The molecule has 28 heavy (non-hydrogen) atoms. The molecule has 0 spiro atoms. The molecule has 1 aromatic heterocycles. The molecule has 2 unspecified atom stereocenters. The third kappa shape index (κ3) is 5.20. The van der Waals surface area contributed by atoms with Crippen molar-refractivity contribution in [3.8, 4) is 0 Å². The van der Waals surface area contributed by atoms with Crippen LogP contribution in [0.2, 0.25) is 0 Å². The Morgan fingerprint density at radius 2 is 1.82 bits per heavy atom. The van der Waals surface area contributed by atoms with Crippen LogP contribution in [-0.4, -0.2) is 47.4 Å². The number of hydrogen-bond acceptors (Lipinski definition) is 5. The van der Waals surface area contributed by atoms with Crippen molar-refractivity contribution >= 4 is 23.5 Å². The van der Waals surface area contributed by atoms with Crippen LogP contribution in [0.1, 0.15) is 29.8 Å². The zero-order chi connectivity index (χ0) is 20.1. The van der Waals surface area contributed by atoms with Gasteiger partial charge in [-0.15, -0.1) is 0 Å². The van der Waals surface area contributed by atoms with Gasteiger partial charge in [-0.3, -0.25) is 0 Å². The first-order chi connectivity index (χ1) is 13.4. The molecule has 1 aromatic carbocycles. The second kappa shape index (κ2) is 8.71. The molecule has 0 aliphatic carbocycles. The van der Waals surface area contributed by atoms with Crippen LogP contribution in [0.5, 0.6) is 0 Å². The van der Waals surface area contributed by atoms with E-state index in [4.69, 9.17) is 9.84 Å². The standard InChI is InChI=1S/C20H24N4O4/c1-13-11-24(12-14(2)28-13)18-8-7-17(10-21-18)23-20(27)22-9-15-3-5-16(6-4-15)19(25)26/h3-8,10,13-14H,9,11-12H2,1-2H3,(H,25,26)(H2,22,23,27). The third-order valence-electron chi connectivity index (χ3n) is 4.40. The molecule has 8 nitrogen and oxygen atoms in total. The second-order valence-corrected chi connectivity index (χ2v) is 6.88. The number of carbonyl (C=O) groups excluding carboxylic acids is 1. The predicted octanol–water partition coefficient (Wildman–Crippen LogP) is 2.72. The number of aromatic nitrogens is 1. The summed E-state index contributed by atoms with van der Waals surface area (Å²) >= 11 is 0. The number of carbonyl (C=O) groups is 2. The van der Waals surface area contributed by atoms with E-state index in [0.717, 1.165) is 24.5 Å². The summed E-state index contributed by atoms with van der Waals surface area (Å²) < 4.78 is 5.73. The number of rotatable bonds is 5. The minimum atomic E-state index is -0.978. The summed E-state index contributed by atoms with van der Waals surface area (Å²) in [7, 11) is 0. The fourth-order valence-corrected chi connectivity index (χ4v) is 3.13. The van der Waals surface area contributed by atoms with Gasteiger partial charge in [0.25, 0.3) is 0 Å². The number of carboxylic acid groups (broad SMARTS) is 1. The monoisotopic (exact) mass is 384 g/mol. The maximum Gasteiger partial charge on any atom is 0.335 e. The number of anilines is 2. The number of nitrogens with one attached hydrogen (secondary N) is 2. The lowest BCUT2D eigenvalue weighted by molar-refractivity contribution is -0.00546. The molecule has 1 fully saturated rings. The first-order valence-corrected chi connectivity index (χ1v) is 9.14. The lowest BCUT2D eigenvalue weighted by atomic mass is 10.1. The zero-order valence-electron chi connectivity index (χ0n) is 15.9. The number of pyridine rings is 1. The lowest BCUT2D eigenvalue weighted by Gasteiger charge is -2.36. The van der Waals surface area contributed by atoms with Gasteiger partial charge in [-0.25, -0.2) is 14.6 Å². The van der Waals surface area contributed by atoms with Gasteiger partial charge in [0, 0.05) is 19.6 Å². The molecular weight excluding hydrogens is 360 g/mol. The molecule has 148 valence electrons. The van der Waals surface area contributed by atoms with Gasteiger partial charge < -0.3 is 25.4 Å². The maximum absolute atomic E-state index is 12.1. The predicted molar refractivity (Wildman–Crippen MR) is 106 cm³/mol. The van der Waals surface area contributed by atoms with E-state index in [2.05, 4.69) is 20.5 Å². The fraction of sp³-hybridized carbons (Fsp3) is 0.350. The number of nitrogens with zero attached hydrogens (tertiary/aromatic N) is 2. The number of urea groups is 1. The van der Waals surface area contributed by atoms with Gasteiger partial charge >= 0.3 is 12.0 Å². The summed E-state index contributed by atoms with van der Waals surface area (Å²) in [6.45, 7) is 5.94. The summed E-state index contributed by atoms with van der Waals surface area (Å²) in [5.41, 5.74) is 1.62. The van der Waals surface area contributed by atoms with Crippen molar-refractivity contribution in [2.24, 2.45) is 0 Å². The van der Waals surface area contributed by atoms with Crippen LogP contribution in [-0.2, 0) is 11.3 Å². The number of amides is 2. The normalized spacial score (nSPS) is 19.1. The van der Waals surface area contributed by atoms with Gasteiger partial charge in [0.05, 0.1) is 29.7 Å². The fourth-order valence-electron chi connectivity index (χ4n) is 3.13. The topological polar surface area (TPSA) is 104 Å². The Balaban J connectivity index is 1.51. The number of hydrogen-bond donors (Lipinski definition) is 3. The van der Waals surface area contributed by atoms with Crippen molar-refractivity contribution in [1.82, 2.24) is 10.3 Å². The molecule has 0 bridgehead atoms. The van der Waals surface area contributed by atoms with E-state index in [1.165, 1.54) is 12.1 Å². The molecule has 8 heteroatoms. The minimum absolute atomic E-state index is 0.152. The number of ether oxygens (including phenoxy) is 1. The van der Waals surface area contributed by atoms with Crippen LogP contribution in [0.4, 0.5) is 16.3 Å². The van der Waals surface area contributed by atoms with Gasteiger partial charge in [-0.2, -0.15) is 0 Å². The molecule has 3 N–H and O–H groups in total. The smallest absolute Gasteiger partial charge is 0.335 e. The maximum atomic E-state index is 12.1. The van der Waals surface area contributed by atoms with Gasteiger partial charge in [0.1, 0.15) is 5.82 Å². The number of morpholine rings is 1. The van der Waals surface area contributed by atoms with Gasteiger partial charge in [-0.05, 0) is 43.7 Å². The van der Waals surface area contributed by atoms with Crippen molar-refractivity contribution in [3.63, 3.8) is 0 Å². The highest BCUT2D eigenvalue weighted by Gasteiger charge is 2.23. The van der Waals surface area contributed by atoms with Crippen LogP contribution in [0.3, 0.4) is 0 Å². The first kappa shape index (κ1) is 19.6. The average Bonchev–Trinajstić information content (AvgIpc) is 2.66. The summed E-state index contributed by atoms with van der Waals surface area (Å²) in [4.78, 5) is 29.5. The van der Waals surface area contributed by atoms with E-state index in [0.29, 0.717) is 12.2 Å². The zero-order valence-corrected chi connectivity index (χ0v) is 15.9. The molecular formula is C20H24N4O4. The van der Waals surface area contributed by atoms with Crippen LogP contribution in [0.15, 0.2) is 42.6 Å². The van der Waals surface area contributed by atoms with Crippen molar-refractivity contribution in [3.05, 3.63) is 53.7 Å². The summed E-state index contributed by atoms with van der Waals surface area (Å²) in [6, 6.07) is 9.69. The largest absolute Gasteiger partial charge is 0.478 e. The van der Waals surface area contributed by atoms with Crippen LogP contribution in [0.25, 0.3) is 0 Å². The highest BCUT2D eigenvalue weighted by molar-refractivity contribution is 5.89. The Labute approximate surface area is 163 Å². The SMILES string of the molecule is CC1CN(c2ccc(NC(=O)NCc3ccc(C(=O)O)cc3)cn2)CC(C)O1. The Kier molecular flexibility index (Phi) is 6.10. The Morgan fingerprint density at radius 1 is 1.14 bits per heavy atom. The van der Waals surface area contributed by atoms with Crippen LogP contribution < -0.4 is 15.5 Å². The molecule has 1 aliphatic rings.